The third-order valence-electron chi connectivity index (χ3n) is 3.94. The third kappa shape index (κ3) is 1.81. The number of carbonyl (C=O) groups excluding carboxylic acids is 1. The fraction of sp³-hybridized carbons (Fsp3) is 0.286. The maximum Gasteiger partial charge on any atom is 0.248 e. The van der Waals surface area contributed by atoms with Crippen molar-refractivity contribution in [1.82, 2.24) is 20.2 Å². The fourth-order valence-corrected chi connectivity index (χ4v) is 2.98. The lowest BCUT2D eigenvalue weighted by Gasteiger charge is -2.31. The van der Waals surface area contributed by atoms with Crippen molar-refractivity contribution in [1.29, 1.82) is 0 Å². The minimum atomic E-state index is -0.334. The summed E-state index contributed by atoms with van der Waals surface area (Å²) < 4.78 is 1.62. The van der Waals surface area contributed by atoms with E-state index in [2.05, 4.69) is 20.8 Å². The molecule has 7 heteroatoms. The molecule has 2 aromatic rings. The lowest BCUT2D eigenvalue weighted by atomic mass is 9.85. The highest BCUT2D eigenvalue weighted by atomic mass is 16.3. The summed E-state index contributed by atoms with van der Waals surface area (Å²) in [4.78, 5) is 12.4. The van der Waals surface area contributed by atoms with Crippen molar-refractivity contribution >= 4 is 11.7 Å². The van der Waals surface area contributed by atoms with E-state index < -0.39 is 0 Å². The number of rotatable bonds is 1. The molecule has 2 heterocycles. The van der Waals surface area contributed by atoms with Crippen molar-refractivity contribution in [2.45, 2.75) is 25.3 Å². The number of hydrogen-bond donors (Lipinski definition) is 2. The number of fused-ring (bicyclic) bond motifs is 1. The first kappa shape index (κ1) is 12.1. The van der Waals surface area contributed by atoms with E-state index in [9.17, 15) is 9.90 Å². The van der Waals surface area contributed by atoms with Crippen LogP contribution in [-0.4, -0.2) is 31.1 Å². The summed E-state index contributed by atoms with van der Waals surface area (Å²) in [5.41, 5.74) is 2.52. The summed E-state index contributed by atoms with van der Waals surface area (Å²) >= 11 is 0. The topological polar surface area (TPSA) is 92.9 Å². The molecule has 1 atom stereocenters. The SMILES string of the molecule is O=C1CCCC2=C1C(c1ccc(O)cc1)n1nnnc1N2. The van der Waals surface area contributed by atoms with Crippen LogP contribution in [0.2, 0.25) is 0 Å². The number of nitrogens with one attached hydrogen (secondary N) is 1. The van der Waals surface area contributed by atoms with Gasteiger partial charge in [0.25, 0.3) is 0 Å². The second-order valence-corrected chi connectivity index (χ2v) is 5.24. The zero-order chi connectivity index (χ0) is 14.4. The van der Waals surface area contributed by atoms with E-state index in [0.29, 0.717) is 12.4 Å². The smallest absolute Gasteiger partial charge is 0.248 e. The molecule has 0 bridgehead atoms. The summed E-state index contributed by atoms with van der Waals surface area (Å²) in [7, 11) is 0. The van der Waals surface area contributed by atoms with Gasteiger partial charge in [0.05, 0.1) is 0 Å². The highest BCUT2D eigenvalue weighted by Crippen LogP contribution is 2.39. The lowest BCUT2D eigenvalue weighted by molar-refractivity contribution is -0.116. The number of hydrogen-bond acceptors (Lipinski definition) is 6. The summed E-state index contributed by atoms with van der Waals surface area (Å²) in [6.07, 6.45) is 2.21. The second-order valence-electron chi connectivity index (χ2n) is 5.24. The molecule has 0 fully saturated rings. The number of nitrogens with zero attached hydrogens (tertiary/aromatic N) is 4. The van der Waals surface area contributed by atoms with Crippen molar-refractivity contribution in [3.05, 3.63) is 41.1 Å². The van der Waals surface area contributed by atoms with Gasteiger partial charge in [0.2, 0.25) is 5.95 Å². The average Bonchev–Trinajstić information content (AvgIpc) is 2.94. The molecule has 0 spiro atoms. The van der Waals surface area contributed by atoms with Crippen LogP contribution in [0.25, 0.3) is 0 Å². The Kier molecular flexibility index (Phi) is 2.53. The lowest BCUT2D eigenvalue weighted by Crippen LogP contribution is -2.31. The minimum absolute atomic E-state index is 0.128. The maximum atomic E-state index is 12.4. The van der Waals surface area contributed by atoms with Crippen molar-refractivity contribution < 1.29 is 9.90 Å². The van der Waals surface area contributed by atoms with E-state index in [1.807, 2.05) is 0 Å². The van der Waals surface area contributed by atoms with Gasteiger partial charge in [0, 0.05) is 17.7 Å². The third-order valence-corrected chi connectivity index (χ3v) is 3.94. The Bertz CT molecular complexity index is 747. The van der Waals surface area contributed by atoms with Crippen LogP contribution in [0.1, 0.15) is 30.9 Å². The molecule has 4 rings (SSSR count). The van der Waals surface area contributed by atoms with Crippen LogP contribution in [0.4, 0.5) is 5.95 Å². The molecule has 1 aromatic carbocycles. The van der Waals surface area contributed by atoms with Crippen molar-refractivity contribution in [2.75, 3.05) is 5.32 Å². The molecular formula is C14H13N5O2. The zero-order valence-corrected chi connectivity index (χ0v) is 11.2. The maximum absolute atomic E-state index is 12.4. The van der Waals surface area contributed by atoms with E-state index in [0.717, 1.165) is 29.7 Å². The Morgan fingerprint density at radius 2 is 2.05 bits per heavy atom. The fourth-order valence-electron chi connectivity index (χ4n) is 2.98. The van der Waals surface area contributed by atoms with Gasteiger partial charge in [-0.2, -0.15) is 4.68 Å². The number of aromatic hydroxyl groups is 1. The Morgan fingerprint density at radius 1 is 1.24 bits per heavy atom. The van der Waals surface area contributed by atoms with Gasteiger partial charge in [-0.15, -0.1) is 0 Å². The molecule has 0 radical (unpaired) electrons. The van der Waals surface area contributed by atoms with E-state index in [-0.39, 0.29) is 17.6 Å². The van der Waals surface area contributed by atoms with Gasteiger partial charge in [-0.3, -0.25) is 4.79 Å². The van der Waals surface area contributed by atoms with Gasteiger partial charge in [-0.1, -0.05) is 17.2 Å². The van der Waals surface area contributed by atoms with E-state index in [1.54, 1.807) is 28.9 Å². The molecule has 7 nitrogen and oxygen atoms in total. The molecule has 1 aliphatic heterocycles. The van der Waals surface area contributed by atoms with Gasteiger partial charge in [-0.25, -0.2) is 0 Å². The van der Waals surface area contributed by atoms with Gasteiger partial charge < -0.3 is 10.4 Å². The normalized spacial score (nSPS) is 20.8. The molecule has 2 aliphatic rings. The predicted molar refractivity (Wildman–Crippen MR) is 73.6 cm³/mol. The number of ketones is 1. The minimum Gasteiger partial charge on any atom is -0.508 e. The summed E-state index contributed by atoms with van der Waals surface area (Å²) in [5, 5.41) is 24.3. The molecule has 0 saturated heterocycles. The summed E-state index contributed by atoms with van der Waals surface area (Å²) in [6, 6.07) is 6.47. The number of aromatic nitrogens is 4. The Morgan fingerprint density at radius 3 is 2.86 bits per heavy atom. The second kappa shape index (κ2) is 4.41. The Hall–Kier alpha value is -2.70. The average molecular weight is 283 g/mol. The van der Waals surface area contributed by atoms with Crippen LogP contribution in [0.5, 0.6) is 5.75 Å². The molecule has 1 aromatic heterocycles. The molecule has 2 N–H and O–H groups in total. The quantitative estimate of drug-likeness (QED) is 0.821. The number of phenolic OH excluding ortho intramolecular Hbond substituents is 1. The number of anilines is 1. The van der Waals surface area contributed by atoms with Crippen LogP contribution in [0.3, 0.4) is 0 Å². The highest BCUT2D eigenvalue weighted by Gasteiger charge is 2.36. The van der Waals surface area contributed by atoms with E-state index >= 15 is 0 Å². The van der Waals surface area contributed by atoms with Gasteiger partial charge in [-0.05, 0) is 41.0 Å². The van der Waals surface area contributed by atoms with Crippen LogP contribution in [-0.2, 0) is 4.79 Å². The number of Topliss-reactive ketones (excluding diaryl/α,β-unsaturated/α-hetero) is 1. The summed E-state index contributed by atoms with van der Waals surface area (Å²) in [6.45, 7) is 0. The largest absolute Gasteiger partial charge is 0.508 e. The standard InChI is InChI=1S/C14H13N5O2/c20-9-6-4-8(5-7-9)13-12-10(2-1-3-11(12)21)15-14-16-17-18-19(13)14/h4-7,13,20H,1-3H2,(H,15,16,18). The molecule has 21 heavy (non-hydrogen) atoms. The van der Waals surface area contributed by atoms with Crippen LogP contribution in [0, 0.1) is 0 Å². The number of tetrazole rings is 1. The molecular weight excluding hydrogens is 270 g/mol. The highest BCUT2D eigenvalue weighted by molar-refractivity contribution is 5.99. The number of benzene rings is 1. The van der Waals surface area contributed by atoms with Crippen molar-refractivity contribution in [2.24, 2.45) is 0 Å². The van der Waals surface area contributed by atoms with Crippen molar-refractivity contribution in [3.63, 3.8) is 0 Å². The monoisotopic (exact) mass is 283 g/mol. The molecule has 106 valence electrons. The summed E-state index contributed by atoms with van der Waals surface area (Å²) in [5.74, 6) is 0.860. The van der Waals surface area contributed by atoms with E-state index in [4.69, 9.17) is 0 Å². The first-order chi connectivity index (χ1) is 10.2. The molecule has 1 unspecified atom stereocenters. The molecule has 0 saturated carbocycles. The Balaban J connectivity index is 1.91. The number of carbonyl (C=O) groups is 1. The van der Waals surface area contributed by atoms with Gasteiger partial charge in [0.15, 0.2) is 5.78 Å². The van der Waals surface area contributed by atoms with Crippen LogP contribution < -0.4 is 5.32 Å². The predicted octanol–water partition coefficient (Wildman–Crippen LogP) is 1.40. The van der Waals surface area contributed by atoms with Crippen molar-refractivity contribution in [3.8, 4) is 5.75 Å². The van der Waals surface area contributed by atoms with Gasteiger partial charge >= 0.3 is 0 Å². The zero-order valence-electron chi connectivity index (χ0n) is 11.2. The van der Waals surface area contributed by atoms with E-state index in [1.165, 1.54) is 0 Å². The van der Waals surface area contributed by atoms with Crippen LogP contribution in [0.15, 0.2) is 35.5 Å². The molecule has 0 amide bonds. The number of allylic oxidation sites excluding steroid dienone is 2. The van der Waals surface area contributed by atoms with Crippen LogP contribution >= 0.6 is 0 Å². The first-order valence-electron chi connectivity index (χ1n) is 6.84. The first-order valence-corrected chi connectivity index (χ1v) is 6.84. The number of phenols is 1. The Labute approximate surface area is 120 Å². The molecule has 1 aliphatic carbocycles. The van der Waals surface area contributed by atoms with Gasteiger partial charge in [0.1, 0.15) is 11.8 Å².